The van der Waals surface area contributed by atoms with Crippen molar-refractivity contribution < 1.29 is 18.0 Å². The van der Waals surface area contributed by atoms with Crippen LogP contribution in [0.2, 0.25) is 5.02 Å². The van der Waals surface area contributed by atoms with Crippen LogP contribution in [0.1, 0.15) is 43.3 Å². The van der Waals surface area contributed by atoms with E-state index in [-0.39, 0.29) is 17.8 Å². The summed E-state index contributed by atoms with van der Waals surface area (Å²) in [7, 11) is 0. The lowest BCUT2D eigenvalue weighted by Gasteiger charge is -2.32. The third-order valence-corrected chi connectivity index (χ3v) is 6.46. The number of carbonyl (C=O) groups is 1. The van der Waals surface area contributed by atoms with Gasteiger partial charge in [-0.15, -0.1) is 0 Å². The minimum absolute atomic E-state index is 0.00359. The highest BCUT2D eigenvalue weighted by Crippen LogP contribution is 2.32. The molecular weight excluding hydrogens is 517 g/mol. The van der Waals surface area contributed by atoms with E-state index in [1.54, 1.807) is 18.2 Å². The first kappa shape index (κ1) is 27.2. The number of nitrogens with zero attached hydrogens (tertiary/aromatic N) is 3. The second kappa shape index (κ2) is 11.3. The number of carbonyl (C=O) groups excluding carboxylic acids is 1. The van der Waals surface area contributed by atoms with E-state index >= 15 is 0 Å². The minimum Gasteiger partial charge on any atom is -0.310 e. The minimum atomic E-state index is -4.55. The van der Waals surface area contributed by atoms with Gasteiger partial charge in [-0.1, -0.05) is 54.9 Å². The van der Waals surface area contributed by atoms with Crippen molar-refractivity contribution in [2.24, 2.45) is 0 Å². The van der Waals surface area contributed by atoms with E-state index in [1.807, 2.05) is 44.2 Å². The maximum atomic E-state index is 13.7. The molecule has 1 aromatic heterocycles. The molecule has 0 aliphatic carbocycles. The van der Waals surface area contributed by atoms with Gasteiger partial charge in [0.2, 0.25) is 0 Å². The van der Waals surface area contributed by atoms with Gasteiger partial charge in [0.15, 0.2) is 0 Å². The quantitative estimate of drug-likeness (QED) is 0.267. The van der Waals surface area contributed by atoms with Gasteiger partial charge in [0, 0.05) is 23.8 Å². The Morgan fingerprint density at radius 3 is 2.45 bits per heavy atom. The molecule has 4 aromatic rings. The fourth-order valence-electron chi connectivity index (χ4n) is 4.39. The van der Waals surface area contributed by atoms with Crippen molar-refractivity contribution >= 4 is 34.2 Å². The Morgan fingerprint density at radius 2 is 1.79 bits per heavy atom. The Hall–Kier alpha value is -3.85. The first-order valence-corrected chi connectivity index (χ1v) is 12.5. The van der Waals surface area contributed by atoms with Crippen LogP contribution >= 0.6 is 11.6 Å². The maximum absolute atomic E-state index is 13.7. The van der Waals surface area contributed by atoms with Crippen molar-refractivity contribution in [3.05, 3.63) is 105 Å². The van der Waals surface area contributed by atoms with Crippen molar-refractivity contribution in [1.82, 2.24) is 14.5 Å². The number of urea groups is 1. The van der Waals surface area contributed by atoms with Crippen LogP contribution < -0.4 is 10.9 Å². The number of alkyl halides is 3. The summed E-state index contributed by atoms with van der Waals surface area (Å²) in [5.74, 6) is 0.366. The molecule has 4 rings (SSSR count). The van der Waals surface area contributed by atoms with Crippen LogP contribution in [0, 0.1) is 0 Å². The van der Waals surface area contributed by atoms with Crippen LogP contribution in [0.3, 0.4) is 0 Å². The number of rotatable bonds is 7. The molecule has 0 aliphatic rings. The summed E-state index contributed by atoms with van der Waals surface area (Å²) in [6.45, 7) is 4.11. The third-order valence-electron chi connectivity index (χ3n) is 6.22. The highest BCUT2D eigenvalue weighted by molar-refractivity contribution is 6.31. The number of fused-ring (bicyclic) bond motifs is 1. The topological polar surface area (TPSA) is 67.2 Å². The molecule has 38 heavy (non-hydrogen) atoms. The summed E-state index contributed by atoms with van der Waals surface area (Å²) in [6.07, 6.45) is -4.16. The molecule has 1 unspecified atom stereocenters. The van der Waals surface area contributed by atoms with Crippen LogP contribution in [0.15, 0.2) is 77.6 Å². The fourth-order valence-corrected chi connectivity index (χ4v) is 4.55. The van der Waals surface area contributed by atoms with E-state index in [4.69, 9.17) is 16.6 Å². The lowest BCUT2D eigenvalue weighted by atomic mass is 10.1. The highest BCUT2D eigenvalue weighted by Gasteiger charge is 2.32. The zero-order valence-corrected chi connectivity index (χ0v) is 21.6. The smallest absolute Gasteiger partial charge is 0.310 e. The Balaban J connectivity index is 1.80. The van der Waals surface area contributed by atoms with E-state index in [2.05, 4.69) is 5.32 Å². The Kier molecular flexibility index (Phi) is 8.06. The SMILES string of the molecule is CCC(c1nc2cc(Cl)ccc2c(=O)n1CC)N(Cc1ccccc1)C(=O)Nc1cccc(C(F)(F)F)c1. The first-order valence-electron chi connectivity index (χ1n) is 12.1. The summed E-state index contributed by atoms with van der Waals surface area (Å²) < 4.78 is 41.3. The summed E-state index contributed by atoms with van der Waals surface area (Å²) in [5, 5.41) is 3.43. The van der Waals surface area contributed by atoms with Crippen LogP contribution in [0.25, 0.3) is 10.9 Å². The predicted octanol–water partition coefficient (Wildman–Crippen LogP) is 7.27. The number of anilines is 1. The molecule has 0 spiro atoms. The van der Waals surface area contributed by atoms with Gasteiger partial charge in [0.05, 0.1) is 22.5 Å². The predicted molar refractivity (Wildman–Crippen MR) is 142 cm³/mol. The molecule has 0 saturated heterocycles. The van der Waals surface area contributed by atoms with Gasteiger partial charge in [-0.2, -0.15) is 13.2 Å². The molecular formula is C28H26ClF3N4O2. The molecule has 2 amide bonds. The average Bonchev–Trinajstić information content (AvgIpc) is 2.89. The number of hydrogen-bond donors (Lipinski definition) is 1. The molecule has 0 aliphatic heterocycles. The van der Waals surface area contributed by atoms with Crippen molar-refractivity contribution in [2.45, 2.75) is 45.6 Å². The van der Waals surface area contributed by atoms with Crippen LogP contribution in [-0.2, 0) is 19.3 Å². The van der Waals surface area contributed by atoms with E-state index in [0.29, 0.717) is 34.7 Å². The van der Waals surface area contributed by atoms with E-state index in [0.717, 1.165) is 17.7 Å². The van der Waals surface area contributed by atoms with E-state index in [9.17, 15) is 22.8 Å². The zero-order chi connectivity index (χ0) is 27.4. The number of nitrogens with one attached hydrogen (secondary N) is 1. The van der Waals surface area contributed by atoms with Crippen molar-refractivity contribution in [3.63, 3.8) is 0 Å². The standard InChI is InChI=1S/C28H26ClF3N4O2/c1-3-24(25-34-23-16-20(29)13-14-22(23)26(37)35(25)4-2)36(17-18-9-6-5-7-10-18)27(38)33-21-12-8-11-19(15-21)28(30,31)32/h5-16,24H,3-4,17H2,1-2H3,(H,33,38). The van der Waals surface area contributed by atoms with Crippen molar-refractivity contribution in [3.8, 4) is 0 Å². The molecule has 0 radical (unpaired) electrons. The van der Waals surface area contributed by atoms with E-state index in [1.165, 1.54) is 21.6 Å². The molecule has 1 heterocycles. The number of halogens is 4. The Labute approximate surface area is 222 Å². The number of hydrogen-bond acceptors (Lipinski definition) is 3. The maximum Gasteiger partial charge on any atom is 0.416 e. The van der Waals surface area contributed by atoms with Crippen molar-refractivity contribution in [1.29, 1.82) is 0 Å². The van der Waals surface area contributed by atoms with Crippen LogP contribution in [-0.4, -0.2) is 20.5 Å². The molecule has 6 nitrogen and oxygen atoms in total. The normalized spacial score (nSPS) is 12.4. The molecule has 1 atom stereocenters. The molecule has 0 fully saturated rings. The van der Waals surface area contributed by atoms with Gasteiger partial charge >= 0.3 is 12.2 Å². The average molecular weight is 543 g/mol. The zero-order valence-electron chi connectivity index (χ0n) is 20.8. The highest BCUT2D eigenvalue weighted by atomic mass is 35.5. The second-order valence-electron chi connectivity index (χ2n) is 8.73. The van der Waals surface area contributed by atoms with Crippen LogP contribution in [0.4, 0.5) is 23.7 Å². The number of benzene rings is 3. The number of aromatic nitrogens is 2. The van der Waals surface area contributed by atoms with Gasteiger partial charge in [-0.25, -0.2) is 9.78 Å². The van der Waals surface area contributed by atoms with Crippen LogP contribution in [0.5, 0.6) is 0 Å². The lowest BCUT2D eigenvalue weighted by Crippen LogP contribution is -2.40. The molecule has 3 aromatic carbocycles. The Bertz CT molecular complexity index is 1510. The van der Waals surface area contributed by atoms with Gasteiger partial charge < -0.3 is 10.2 Å². The largest absolute Gasteiger partial charge is 0.416 e. The summed E-state index contributed by atoms with van der Waals surface area (Å²) in [4.78, 5) is 33.2. The first-order chi connectivity index (χ1) is 18.1. The molecule has 198 valence electrons. The molecule has 1 N–H and O–H groups in total. The summed E-state index contributed by atoms with van der Waals surface area (Å²) >= 11 is 6.16. The van der Waals surface area contributed by atoms with Gasteiger partial charge in [-0.05, 0) is 55.3 Å². The van der Waals surface area contributed by atoms with Gasteiger partial charge in [-0.3, -0.25) is 9.36 Å². The lowest BCUT2D eigenvalue weighted by molar-refractivity contribution is -0.137. The second-order valence-corrected chi connectivity index (χ2v) is 9.16. The van der Waals surface area contributed by atoms with E-state index < -0.39 is 23.8 Å². The fraction of sp³-hybridized carbons (Fsp3) is 0.250. The van der Waals surface area contributed by atoms with Gasteiger partial charge in [0.1, 0.15) is 5.82 Å². The Morgan fingerprint density at radius 1 is 1.05 bits per heavy atom. The van der Waals surface area contributed by atoms with Crippen molar-refractivity contribution in [2.75, 3.05) is 5.32 Å². The molecule has 10 heteroatoms. The molecule has 0 saturated carbocycles. The van der Waals surface area contributed by atoms with Gasteiger partial charge in [0.25, 0.3) is 5.56 Å². The third kappa shape index (κ3) is 5.83. The summed E-state index contributed by atoms with van der Waals surface area (Å²) in [5.41, 5.74) is 0.0762. The monoisotopic (exact) mass is 542 g/mol. The summed E-state index contributed by atoms with van der Waals surface area (Å²) in [6, 6.07) is 17.2. The molecule has 0 bridgehead atoms. The number of amides is 2.